The van der Waals surface area contributed by atoms with Gasteiger partial charge >= 0.3 is 0 Å². The van der Waals surface area contributed by atoms with Crippen molar-refractivity contribution in [3.8, 4) is 0 Å². The standard InChI is InChI=1S/C10H20N2O2/c1-3-11(4-2)9-10(13)12-5-7-14-8-6-12/h3-9H2,1-2H3. The Bertz CT molecular complexity index is 175. The predicted molar refractivity (Wildman–Crippen MR) is 55.2 cm³/mol. The van der Waals surface area contributed by atoms with Crippen LogP contribution in [0.2, 0.25) is 0 Å². The van der Waals surface area contributed by atoms with Crippen LogP contribution in [0.25, 0.3) is 0 Å². The molecule has 1 fully saturated rings. The van der Waals surface area contributed by atoms with E-state index in [2.05, 4.69) is 18.7 Å². The van der Waals surface area contributed by atoms with Crippen molar-refractivity contribution in [2.24, 2.45) is 0 Å². The summed E-state index contributed by atoms with van der Waals surface area (Å²) < 4.78 is 5.20. The van der Waals surface area contributed by atoms with Gasteiger partial charge in [-0.15, -0.1) is 0 Å². The Hall–Kier alpha value is -0.610. The number of amides is 1. The molecule has 1 aliphatic heterocycles. The third-order valence-corrected chi connectivity index (χ3v) is 2.62. The normalized spacial score (nSPS) is 17.5. The summed E-state index contributed by atoms with van der Waals surface area (Å²) in [6.07, 6.45) is 0. The Balaban J connectivity index is 2.32. The van der Waals surface area contributed by atoms with Gasteiger partial charge in [-0.3, -0.25) is 9.69 Å². The summed E-state index contributed by atoms with van der Waals surface area (Å²) in [6.45, 7) is 9.45. The van der Waals surface area contributed by atoms with Crippen LogP contribution in [-0.4, -0.2) is 61.6 Å². The predicted octanol–water partition coefficient (Wildman–Crippen LogP) is 0.187. The molecular weight excluding hydrogens is 180 g/mol. The van der Waals surface area contributed by atoms with Gasteiger partial charge in [0.25, 0.3) is 0 Å². The zero-order chi connectivity index (χ0) is 10.4. The molecule has 0 aliphatic carbocycles. The van der Waals surface area contributed by atoms with Crippen molar-refractivity contribution >= 4 is 5.91 Å². The van der Waals surface area contributed by atoms with Gasteiger partial charge in [-0.2, -0.15) is 0 Å². The zero-order valence-corrected chi connectivity index (χ0v) is 9.16. The second-order valence-electron chi connectivity index (χ2n) is 3.45. The minimum Gasteiger partial charge on any atom is -0.378 e. The summed E-state index contributed by atoms with van der Waals surface area (Å²) in [5.74, 6) is 0.233. The van der Waals surface area contributed by atoms with Crippen molar-refractivity contribution in [1.29, 1.82) is 0 Å². The number of hydrogen-bond donors (Lipinski definition) is 0. The molecule has 0 aromatic rings. The van der Waals surface area contributed by atoms with E-state index in [1.54, 1.807) is 0 Å². The maximum Gasteiger partial charge on any atom is 0.236 e. The lowest BCUT2D eigenvalue weighted by molar-refractivity contribution is -0.136. The molecule has 0 spiro atoms. The molecule has 0 radical (unpaired) electrons. The second kappa shape index (κ2) is 5.98. The summed E-state index contributed by atoms with van der Waals surface area (Å²) >= 11 is 0. The molecule has 1 aliphatic rings. The average molecular weight is 200 g/mol. The van der Waals surface area contributed by atoms with E-state index in [-0.39, 0.29) is 5.91 Å². The number of carbonyl (C=O) groups excluding carboxylic acids is 1. The first kappa shape index (κ1) is 11.5. The molecule has 1 heterocycles. The first-order chi connectivity index (χ1) is 6.77. The van der Waals surface area contributed by atoms with Crippen LogP contribution in [-0.2, 0) is 9.53 Å². The molecule has 0 atom stereocenters. The third-order valence-electron chi connectivity index (χ3n) is 2.62. The van der Waals surface area contributed by atoms with Gasteiger partial charge in [0.05, 0.1) is 19.8 Å². The topological polar surface area (TPSA) is 32.8 Å². The molecule has 1 saturated heterocycles. The van der Waals surface area contributed by atoms with E-state index in [0.717, 1.165) is 26.2 Å². The fraction of sp³-hybridized carbons (Fsp3) is 0.900. The number of rotatable bonds is 4. The van der Waals surface area contributed by atoms with E-state index in [9.17, 15) is 4.79 Å². The van der Waals surface area contributed by atoms with E-state index < -0.39 is 0 Å². The number of likely N-dealkylation sites (N-methyl/N-ethyl adjacent to an activating group) is 1. The molecule has 0 N–H and O–H groups in total. The van der Waals surface area contributed by atoms with Gasteiger partial charge in [0.2, 0.25) is 5.91 Å². The largest absolute Gasteiger partial charge is 0.378 e. The highest BCUT2D eigenvalue weighted by molar-refractivity contribution is 5.78. The molecule has 0 saturated carbocycles. The smallest absolute Gasteiger partial charge is 0.236 e. The number of ether oxygens (including phenoxy) is 1. The van der Waals surface area contributed by atoms with Crippen molar-refractivity contribution in [2.75, 3.05) is 45.9 Å². The molecule has 0 bridgehead atoms. The summed E-state index contributed by atoms with van der Waals surface area (Å²) in [4.78, 5) is 15.8. The Labute approximate surface area is 85.8 Å². The first-order valence-electron chi connectivity index (χ1n) is 5.35. The van der Waals surface area contributed by atoms with Gasteiger partial charge in [0.15, 0.2) is 0 Å². The highest BCUT2D eigenvalue weighted by atomic mass is 16.5. The summed E-state index contributed by atoms with van der Waals surface area (Å²) in [5.41, 5.74) is 0. The van der Waals surface area contributed by atoms with Crippen LogP contribution in [0.4, 0.5) is 0 Å². The minimum absolute atomic E-state index is 0.233. The lowest BCUT2D eigenvalue weighted by Crippen LogP contribution is -2.45. The Kier molecular flexibility index (Phi) is 4.90. The number of carbonyl (C=O) groups is 1. The lowest BCUT2D eigenvalue weighted by atomic mass is 10.3. The lowest BCUT2D eigenvalue weighted by Gasteiger charge is -2.29. The van der Waals surface area contributed by atoms with Crippen LogP contribution < -0.4 is 0 Å². The SMILES string of the molecule is CCN(CC)CC(=O)N1CCOCC1. The van der Waals surface area contributed by atoms with Crippen molar-refractivity contribution in [1.82, 2.24) is 9.80 Å². The highest BCUT2D eigenvalue weighted by Gasteiger charge is 2.17. The second-order valence-corrected chi connectivity index (χ2v) is 3.45. The molecule has 0 aromatic carbocycles. The molecule has 0 aromatic heterocycles. The molecule has 1 amide bonds. The van der Waals surface area contributed by atoms with Crippen LogP contribution >= 0.6 is 0 Å². The minimum atomic E-state index is 0.233. The van der Waals surface area contributed by atoms with Crippen molar-refractivity contribution in [3.05, 3.63) is 0 Å². The van der Waals surface area contributed by atoms with Gasteiger partial charge in [-0.05, 0) is 13.1 Å². The maximum atomic E-state index is 11.8. The van der Waals surface area contributed by atoms with Crippen LogP contribution in [0, 0.1) is 0 Å². The van der Waals surface area contributed by atoms with Crippen molar-refractivity contribution in [2.45, 2.75) is 13.8 Å². The van der Waals surface area contributed by atoms with Crippen LogP contribution in [0.1, 0.15) is 13.8 Å². The molecule has 4 heteroatoms. The summed E-state index contributed by atoms with van der Waals surface area (Å²) in [6, 6.07) is 0. The first-order valence-corrected chi connectivity index (χ1v) is 5.35. The van der Waals surface area contributed by atoms with Crippen LogP contribution in [0.3, 0.4) is 0 Å². The van der Waals surface area contributed by atoms with E-state index in [1.807, 2.05) is 4.90 Å². The monoisotopic (exact) mass is 200 g/mol. The van der Waals surface area contributed by atoms with Gasteiger partial charge in [-0.1, -0.05) is 13.8 Å². The summed E-state index contributed by atoms with van der Waals surface area (Å²) in [5, 5.41) is 0. The number of nitrogens with zero attached hydrogens (tertiary/aromatic N) is 2. The van der Waals surface area contributed by atoms with Crippen molar-refractivity contribution < 1.29 is 9.53 Å². The molecule has 4 nitrogen and oxygen atoms in total. The Morgan fingerprint density at radius 3 is 2.36 bits per heavy atom. The van der Waals surface area contributed by atoms with Crippen LogP contribution in [0.5, 0.6) is 0 Å². The fourth-order valence-electron chi connectivity index (χ4n) is 1.55. The van der Waals surface area contributed by atoms with Gasteiger partial charge in [0, 0.05) is 13.1 Å². The third kappa shape index (κ3) is 3.27. The maximum absolute atomic E-state index is 11.8. The van der Waals surface area contributed by atoms with Crippen molar-refractivity contribution in [3.63, 3.8) is 0 Å². The quantitative estimate of drug-likeness (QED) is 0.649. The molecular formula is C10H20N2O2. The highest BCUT2D eigenvalue weighted by Crippen LogP contribution is 1.99. The molecule has 1 rings (SSSR count). The Morgan fingerprint density at radius 2 is 1.86 bits per heavy atom. The fourth-order valence-corrected chi connectivity index (χ4v) is 1.55. The van der Waals surface area contributed by atoms with E-state index >= 15 is 0 Å². The zero-order valence-electron chi connectivity index (χ0n) is 9.16. The van der Waals surface area contributed by atoms with Gasteiger partial charge in [0.1, 0.15) is 0 Å². The number of morpholine rings is 1. The average Bonchev–Trinajstić information content (AvgIpc) is 2.26. The number of hydrogen-bond acceptors (Lipinski definition) is 3. The molecule has 14 heavy (non-hydrogen) atoms. The molecule has 82 valence electrons. The van der Waals surface area contributed by atoms with Crippen LogP contribution in [0.15, 0.2) is 0 Å². The van der Waals surface area contributed by atoms with Gasteiger partial charge < -0.3 is 9.64 Å². The van der Waals surface area contributed by atoms with Gasteiger partial charge in [-0.25, -0.2) is 0 Å². The summed E-state index contributed by atoms with van der Waals surface area (Å²) in [7, 11) is 0. The van der Waals surface area contributed by atoms with E-state index in [1.165, 1.54) is 0 Å². The molecule has 0 unspecified atom stereocenters. The Morgan fingerprint density at radius 1 is 1.29 bits per heavy atom. The van der Waals surface area contributed by atoms with E-state index in [0.29, 0.717) is 19.8 Å². The van der Waals surface area contributed by atoms with E-state index in [4.69, 9.17) is 4.74 Å².